The molecule has 0 spiro atoms. The smallest absolute Gasteiger partial charge is 0.270 e. The summed E-state index contributed by atoms with van der Waals surface area (Å²) < 4.78 is 5.09. The molecule has 104 valence electrons. The van der Waals surface area contributed by atoms with Gasteiger partial charge >= 0.3 is 0 Å². The maximum atomic E-state index is 12.1. The fraction of sp³-hybridized carbons (Fsp3) is 0.0909. The van der Waals surface area contributed by atoms with Gasteiger partial charge in [-0.1, -0.05) is 34.9 Å². The van der Waals surface area contributed by atoms with Crippen LogP contribution in [0.4, 0.5) is 5.95 Å². The van der Waals surface area contributed by atoms with Crippen molar-refractivity contribution in [1.82, 2.24) is 20.2 Å². The van der Waals surface area contributed by atoms with Crippen LogP contribution in [0.25, 0.3) is 6.20 Å². The highest BCUT2D eigenvalue weighted by atomic mass is 35.5. The van der Waals surface area contributed by atoms with Gasteiger partial charge in [-0.05, 0) is 17.3 Å². The molecule has 0 saturated heterocycles. The van der Waals surface area contributed by atoms with Gasteiger partial charge in [0.2, 0.25) is 0 Å². The molecule has 0 aliphatic rings. The number of ether oxygens (including phenoxy) is 1. The number of anilines is 1. The first-order valence-corrected chi connectivity index (χ1v) is 6.07. The molecule has 1 aromatic carbocycles. The van der Waals surface area contributed by atoms with Crippen LogP contribution < -0.4 is 10.1 Å². The summed E-state index contributed by atoms with van der Waals surface area (Å²) >= 11 is 11.8. The van der Waals surface area contributed by atoms with Gasteiger partial charge in [0, 0.05) is 11.2 Å². The lowest BCUT2D eigenvalue weighted by atomic mass is 10.2. The normalized spacial score (nSPS) is 10.2. The minimum absolute atomic E-state index is 0.0213. The Morgan fingerprint density at radius 2 is 2.25 bits per heavy atom. The highest BCUT2D eigenvalue weighted by molar-refractivity contribution is 6.36. The van der Waals surface area contributed by atoms with E-state index >= 15 is 0 Å². The second-order valence-corrected chi connectivity index (χ2v) is 4.38. The molecule has 2 rings (SSSR count). The molecule has 0 saturated carbocycles. The van der Waals surface area contributed by atoms with E-state index in [1.165, 1.54) is 25.4 Å². The summed E-state index contributed by atoms with van der Waals surface area (Å²) in [5.41, 5.74) is 0.167. The molecule has 0 unspecified atom stereocenters. The molecule has 7 nitrogen and oxygen atoms in total. The van der Waals surface area contributed by atoms with Gasteiger partial charge in [0.05, 0.1) is 17.7 Å². The zero-order chi connectivity index (χ0) is 14.7. The first-order chi connectivity index (χ1) is 9.55. The number of halogens is 2. The number of hydrogen-bond donors (Lipinski definition) is 1. The van der Waals surface area contributed by atoms with E-state index in [2.05, 4.69) is 27.3 Å². The van der Waals surface area contributed by atoms with Crippen molar-refractivity contribution in [2.75, 3.05) is 12.4 Å². The minimum atomic E-state index is -0.519. The first-order valence-electron chi connectivity index (χ1n) is 5.31. The summed E-state index contributed by atoms with van der Waals surface area (Å²) in [5.74, 6) is -0.285. The van der Waals surface area contributed by atoms with Crippen LogP contribution >= 0.6 is 23.2 Å². The molecule has 1 amide bonds. The van der Waals surface area contributed by atoms with E-state index in [0.29, 0.717) is 5.02 Å². The Balaban J connectivity index is 2.31. The van der Waals surface area contributed by atoms with Crippen molar-refractivity contribution in [2.24, 2.45) is 0 Å². The SMILES string of the molecule is C=Cn1nnc(NC(=O)c2cc(Cl)cc(Cl)c2OC)n1. The molecule has 0 bridgehead atoms. The van der Waals surface area contributed by atoms with Crippen LogP contribution in [-0.2, 0) is 0 Å². The van der Waals surface area contributed by atoms with E-state index in [0.717, 1.165) is 4.80 Å². The summed E-state index contributed by atoms with van der Waals surface area (Å²) in [6.45, 7) is 3.46. The number of amides is 1. The van der Waals surface area contributed by atoms with E-state index in [1.54, 1.807) is 0 Å². The van der Waals surface area contributed by atoms with Crippen LogP contribution in [0.15, 0.2) is 18.7 Å². The van der Waals surface area contributed by atoms with Gasteiger partial charge in [-0.2, -0.15) is 0 Å². The summed E-state index contributed by atoms with van der Waals surface area (Å²) in [6.07, 6.45) is 1.33. The lowest BCUT2D eigenvalue weighted by Gasteiger charge is -2.09. The number of rotatable bonds is 4. The average Bonchev–Trinajstić information content (AvgIpc) is 2.85. The second kappa shape index (κ2) is 5.89. The molecule has 2 aromatic rings. The molecule has 20 heavy (non-hydrogen) atoms. The fourth-order valence-corrected chi connectivity index (χ4v) is 2.03. The second-order valence-electron chi connectivity index (χ2n) is 3.54. The van der Waals surface area contributed by atoms with Gasteiger partial charge in [0.1, 0.15) is 5.75 Å². The van der Waals surface area contributed by atoms with E-state index < -0.39 is 5.91 Å². The standard InChI is InChI=1S/C11H9Cl2N5O2/c1-3-18-16-11(15-17-18)14-10(19)7-4-6(12)5-8(13)9(7)20-2/h3-5H,1H2,2H3,(H,14,16,19). The van der Waals surface area contributed by atoms with Gasteiger partial charge in [-0.25, -0.2) is 0 Å². The van der Waals surface area contributed by atoms with Crippen LogP contribution in [0.1, 0.15) is 10.4 Å². The van der Waals surface area contributed by atoms with Crippen LogP contribution in [-0.4, -0.2) is 33.2 Å². The number of carbonyl (C=O) groups is 1. The summed E-state index contributed by atoms with van der Waals surface area (Å²) in [4.78, 5) is 13.3. The highest BCUT2D eigenvalue weighted by Crippen LogP contribution is 2.32. The van der Waals surface area contributed by atoms with E-state index in [4.69, 9.17) is 27.9 Å². The third-order valence-electron chi connectivity index (χ3n) is 2.27. The van der Waals surface area contributed by atoms with E-state index in [1.807, 2.05) is 0 Å². The number of hydrogen-bond acceptors (Lipinski definition) is 5. The van der Waals surface area contributed by atoms with Crippen LogP contribution in [0, 0.1) is 0 Å². The lowest BCUT2D eigenvalue weighted by Crippen LogP contribution is -2.14. The molecule has 0 atom stereocenters. The molecule has 9 heteroatoms. The molecule has 1 N–H and O–H groups in total. The van der Waals surface area contributed by atoms with Gasteiger partial charge in [0.25, 0.3) is 11.9 Å². The van der Waals surface area contributed by atoms with Crippen molar-refractivity contribution in [3.63, 3.8) is 0 Å². The maximum Gasteiger partial charge on any atom is 0.270 e. The zero-order valence-electron chi connectivity index (χ0n) is 10.3. The number of benzene rings is 1. The number of methoxy groups -OCH3 is 1. The van der Waals surface area contributed by atoms with Crippen molar-refractivity contribution in [1.29, 1.82) is 0 Å². The number of nitrogens with zero attached hydrogens (tertiary/aromatic N) is 4. The number of aromatic nitrogens is 4. The van der Waals surface area contributed by atoms with Crippen molar-refractivity contribution >= 4 is 41.3 Å². The topological polar surface area (TPSA) is 81.9 Å². The largest absolute Gasteiger partial charge is 0.494 e. The molecule has 1 aromatic heterocycles. The average molecular weight is 314 g/mol. The van der Waals surface area contributed by atoms with Gasteiger partial charge in [0.15, 0.2) is 0 Å². The Morgan fingerprint density at radius 1 is 1.50 bits per heavy atom. The summed E-state index contributed by atoms with van der Waals surface area (Å²) in [6, 6.07) is 2.91. The van der Waals surface area contributed by atoms with Crippen molar-refractivity contribution in [3.05, 3.63) is 34.3 Å². The van der Waals surface area contributed by atoms with Gasteiger partial charge < -0.3 is 4.74 Å². The molecule has 0 aliphatic heterocycles. The molecule has 0 fully saturated rings. The monoisotopic (exact) mass is 313 g/mol. The molecule has 0 radical (unpaired) electrons. The van der Waals surface area contributed by atoms with Crippen LogP contribution in [0.5, 0.6) is 5.75 Å². The summed E-state index contributed by atoms with van der Waals surface area (Å²) in [7, 11) is 1.40. The summed E-state index contributed by atoms with van der Waals surface area (Å²) in [5, 5.41) is 14.1. The van der Waals surface area contributed by atoms with Gasteiger partial charge in [-0.3, -0.25) is 10.1 Å². The predicted octanol–water partition coefficient (Wildman–Crippen LogP) is 2.34. The number of nitrogens with one attached hydrogen (secondary N) is 1. The Labute approximate surface area is 124 Å². The maximum absolute atomic E-state index is 12.1. The zero-order valence-corrected chi connectivity index (χ0v) is 11.8. The predicted molar refractivity (Wildman–Crippen MR) is 75.2 cm³/mol. The third kappa shape index (κ3) is 2.89. The Bertz CT molecular complexity index is 671. The number of carbonyl (C=O) groups excluding carboxylic acids is 1. The minimum Gasteiger partial charge on any atom is -0.494 e. The fourth-order valence-electron chi connectivity index (χ4n) is 1.46. The lowest BCUT2D eigenvalue weighted by molar-refractivity contribution is 0.102. The molecule has 0 aliphatic carbocycles. The highest BCUT2D eigenvalue weighted by Gasteiger charge is 2.18. The first kappa shape index (κ1) is 14.3. The van der Waals surface area contributed by atoms with Crippen molar-refractivity contribution in [2.45, 2.75) is 0 Å². The molecular weight excluding hydrogens is 305 g/mol. The van der Waals surface area contributed by atoms with Crippen molar-refractivity contribution < 1.29 is 9.53 Å². The Hall–Kier alpha value is -2.12. The molecule has 1 heterocycles. The number of tetrazole rings is 1. The Morgan fingerprint density at radius 3 is 2.85 bits per heavy atom. The Kier molecular flexibility index (Phi) is 4.21. The van der Waals surface area contributed by atoms with E-state index in [9.17, 15) is 4.79 Å². The quantitative estimate of drug-likeness (QED) is 0.936. The van der Waals surface area contributed by atoms with Crippen LogP contribution in [0.3, 0.4) is 0 Å². The van der Waals surface area contributed by atoms with Crippen LogP contribution in [0.2, 0.25) is 10.0 Å². The van der Waals surface area contributed by atoms with Gasteiger partial charge in [-0.15, -0.1) is 9.90 Å². The third-order valence-corrected chi connectivity index (χ3v) is 2.77. The van der Waals surface area contributed by atoms with Crippen molar-refractivity contribution in [3.8, 4) is 5.75 Å². The molecular formula is C11H9Cl2N5O2. The van der Waals surface area contributed by atoms with E-state index in [-0.39, 0.29) is 22.3 Å².